The van der Waals surface area contributed by atoms with Crippen molar-refractivity contribution in [2.24, 2.45) is 0 Å². The molecule has 4 aromatic rings. The molecule has 14 nitrogen and oxygen atoms in total. The highest BCUT2D eigenvalue weighted by Crippen LogP contribution is 2.39. The number of aliphatic hydroxyl groups is 1. The summed E-state index contributed by atoms with van der Waals surface area (Å²) in [5.41, 5.74) is -0.219. The van der Waals surface area contributed by atoms with Gasteiger partial charge in [0.2, 0.25) is 11.3 Å². The van der Waals surface area contributed by atoms with Crippen LogP contribution in [0.5, 0.6) is 5.75 Å². The fraction of sp³-hybridized carbons (Fsp3) is 0.472. The first-order chi connectivity index (χ1) is 25.7. The molecule has 3 N–H and O–H groups in total. The molecule has 1 aromatic carbocycles. The third-order valence-electron chi connectivity index (χ3n) is 10.9. The van der Waals surface area contributed by atoms with Gasteiger partial charge in [0, 0.05) is 37.9 Å². The molecule has 3 aliphatic rings. The molecule has 0 bridgehead atoms. The van der Waals surface area contributed by atoms with Gasteiger partial charge in [-0.05, 0) is 63.6 Å². The maximum Gasteiger partial charge on any atom is 0.416 e. The van der Waals surface area contributed by atoms with Crippen LogP contribution in [0.3, 0.4) is 0 Å². The van der Waals surface area contributed by atoms with Crippen LogP contribution in [0.2, 0.25) is 5.02 Å². The molecule has 4 heterocycles. The number of alkyl halides is 3. The molecule has 3 aromatic heterocycles. The molecule has 1 aliphatic heterocycles. The molecular formula is C36H39ClF3N9O5. The Balaban J connectivity index is 1.28. The van der Waals surface area contributed by atoms with Crippen molar-refractivity contribution < 1.29 is 33.0 Å². The van der Waals surface area contributed by atoms with Crippen LogP contribution in [0, 0.1) is 6.92 Å². The number of halogens is 4. The molecule has 2 saturated carbocycles. The average molecular weight is 770 g/mol. The molecule has 18 heteroatoms. The van der Waals surface area contributed by atoms with Gasteiger partial charge in [-0.15, -0.1) is 0 Å². The summed E-state index contributed by atoms with van der Waals surface area (Å²) in [6, 6.07) is 2.06. The lowest BCUT2D eigenvalue weighted by Gasteiger charge is -2.54. The summed E-state index contributed by atoms with van der Waals surface area (Å²) in [5.74, 6) is -0.928. The Morgan fingerprint density at radius 3 is 2.50 bits per heavy atom. The number of carbonyl (C=O) groups is 2. The fourth-order valence-electron chi connectivity index (χ4n) is 7.84. The zero-order valence-electron chi connectivity index (χ0n) is 29.8. The van der Waals surface area contributed by atoms with E-state index in [-0.39, 0.29) is 76.8 Å². The van der Waals surface area contributed by atoms with E-state index in [0.29, 0.717) is 49.3 Å². The SMILES string of the molecule is CCc1c(N2CCN(C(=O)c3ncnc(C)c3O)[C@H]3CC[C@@H]32)c(=O)c2nc(N(C)[C@@H]3CC[C@H](O)C3)cnc2n1CC(=O)Nc1ccc(C(F)(F)F)cc1Cl. The zero-order chi connectivity index (χ0) is 38.6. The lowest BCUT2D eigenvalue weighted by Crippen LogP contribution is -2.67. The van der Waals surface area contributed by atoms with Gasteiger partial charge in [0.25, 0.3) is 5.91 Å². The molecule has 2 amide bonds. The highest BCUT2D eigenvalue weighted by molar-refractivity contribution is 6.33. The number of amides is 2. The van der Waals surface area contributed by atoms with Crippen LogP contribution in [0.25, 0.3) is 11.2 Å². The number of aryl methyl sites for hydroxylation is 1. The number of aromatic hydroxyl groups is 1. The van der Waals surface area contributed by atoms with Crippen LogP contribution in [0.1, 0.15) is 66.5 Å². The van der Waals surface area contributed by atoms with Gasteiger partial charge >= 0.3 is 6.18 Å². The number of hydrogen-bond donors (Lipinski definition) is 3. The number of nitrogens with one attached hydrogen (secondary N) is 1. The van der Waals surface area contributed by atoms with E-state index in [1.165, 1.54) is 12.5 Å². The normalized spacial score (nSPS) is 21.2. The number of fused-ring (bicyclic) bond motifs is 2. The molecule has 4 atom stereocenters. The van der Waals surface area contributed by atoms with Crippen LogP contribution in [-0.4, -0.2) is 95.8 Å². The van der Waals surface area contributed by atoms with Gasteiger partial charge < -0.3 is 34.8 Å². The maximum absolute atomic E-state index is 14.7. The quantitative estimate of drug-likeness (QED) is 0.234. The molecule has 0 radical (unpaired) electrons. The molecule has 7 rings (SSSR count). The number of aromatic nitrogens is 5. The monoisotopic (exact) mass is 769 g/mol. The fourth-order valence-corrected chi connectivity index (χ4v) is 8.07. The number of benzene rings is 1. The van der Waals surface area contributed by atoms with Crippen molar-refractivity contribution in [1.29, 1.82) is 0 Å². The summed E-state index contributed by atoms with van der Waals surface area (Å²) in [6.45, 7) is 3.52. The van der Waals surface area contributed by atoms with E-state index in [4.69, 9.17) is 16.6 Å². The van der Waals surface area contributed by atoms with Crippen molar-refractivity contribution in [3.63, 3.8) is 0 Å². The average Bonchev–Trinajstić information content (AvgIpc) is 3.56. The first-order valence-corrected chi connectivity index (χ1v) is 18.1. The molecule has 0 spiro atoms. The van der Waals surface area contributed by atoms with Gasteiger partial charge in [-0.2, -0.15) is 13.2 Å². The minimum atomic E-state index is -4.62. The second kappa shape index (κ2) is 14.3. The van der Waals surface area contributed by atoms with E-state index in [1.807, 2.05) is 23.8 Å². The molecule has 0 unspecified atom stereocenters. The first kappa shape index (κ1) is 37.3. The van der Waals surface area contributed by atoms with E-state index in [0.717, 1.165) is 24.6 Å². The smallest absolute Gasteiger partial charge is 0.416 e. The van der Waals surface area contributed by atoms with Gasteiger partial charge in [0.15, 0.2) is 22.6 Å². The Morgan fingerprint density at radius 1 is 1.09 bits per heavy atom. The summed E-state index contributed by atoms with van der Waals surface area (Å²) < 4.78 is 41.4. The van der Waals surface area contributed by atoms with Gasteiger partial charge in [0.05, 0.1) is 40.3 Å². The standard InChI is InChI=1S/C36H39ClF3N9O5/c1-4-24-31(47-11-12-48(26-10-9-25(26)47)35(54)30-32(52)18(2)42-17-43-30)33(53)29-34(41-15-27(45-29)46(3)20-6-7-21(50)14-20)49(24)16-28(51)44-23-8-5-19(13-22(23)37)36(38,39)40/h5,8,13,15,17,20-21,25-26,50,52H,4,6-7,9-12,14,16H2,1-3H3,(H,44,51)/t20-,21+,25+,26+/m1/s1. The molecule has 286 valence electrons. The van der Waals surface area contributed by atoms with Crippen molar-refractivity contribution in [3.05, 3.63) is 68.6 Å². The van der Waals surface area contributed by atoms with Gasteiger partial charge in [-0.3, -0.25) is 14.4 Å². The summed E-state index contributed by atoms with van der Waals surface area (Å²) in [7, 11) is 1.83. The van der Waals surface area contributed by atoms with Crippen molar-refractivity contribution in [1.82, 2.24) is 29.4 Å². The Labute approximate surface area is 312 Å². The largest absolute Gasteiger partial charge is 0.504 e. The Morgan fingerprint density at radius 2 is 1.85 bits per heavy atom. The van der Waals surface area contributed by atoms with Gasteiger partial charge in [-0.25, -0.2) is 19.9 Å². The van der Waals surface area contributed by atoms with Crippen molar-refractivity contribution in [3.8, 4) is 5.75 Å². The lowest BCUT2D eigenvalue weighted by molar-refractivity contribution is -0.137. The number of pyridine rings is 1. The van der Waals surface area contributed by atoms with Crippen molar-refractivity contribution in [2.45, 2.75) is 89.3 Å². The molecular weight excluding hydrogens is 731 g/mol. The number of carbonyl (C=O) groups excluding carboxylic acids is 2. The van der Waals surface area contributed by atoms with Crippen LogP contribution >= 0.6 is 11.6 Å². The molecule has 2 aliphatic carbocycles. The zero-order valence-corrected chi connectivity index (χ0v) is 30.5. The third kappa shape index (κ3) is 6.67. The van der Waals surface area contributed by atoms with E-state index in [9.17, 15) is 37.8 Å². The molecule has 3 fully saturated rings. The molecule has 1 saturated heterocycles. The Kier molecular flexibility index (Phi) is 9.89. The van der Waals surface area contributed by atoms with Gasteiger partial charge in [-0.1, -0.05) is 18.5 Å². The highest BCUT2D eigenvalue weighted by atomic mass is 35.5. The van der Waals surface area contributed by atoms with Crippen LogP contribution in [0.15, 0.2) is 35.5 Å². The summed E-state index contributed by atoms with van der Waals surface area (Å²) in [6.07, 6.45) is 1.19. The Bertz CT molecular complexity index is 2200. The highest BCUT2D eigenvalue weighted by Gasteiger charge is 2.47. The number of aliphatic hydroxyl groups excluding tert-OH is 1. The van der Waals surface area contributed by atoms with Crippen LogP contribution in [-0.2, 0) is 23.9 Å². The van der Waals surface area contributed by atoms with E-state index >= 15 is 0 Å². The second-order valence-corrected chi connectivity index (χ2v) is 14.4. The number of nitrogens with zero attached hydrogens (tertiary/aromatic N) is 8. The minimum absolute atomic E-state index is 0.0150. The van der Waals surface area contributed by atoms with Crippen LogP contribution < -0.4 is 20.5 Å². The van der Waals surface area contributed by atoms with Gasteiger partial charge in [0.1, 0.15) is 24.4 Å². The van der Waals surface area contributed by atoms with Crippen molar-refractivity contribution in [2.75, 3.05) is 35.3 Å². The number of piperazine rings is 1. The van der Waals surface area contributed by atoms with Crippen molar-refractivity contribution >= 4 is 51.8 Å². The molecule has 54 heavy (non-hydrogen) atoms. The number of hydrogen-bond acceptors (Lipinski definition) is 11. The van der Waals surface area contributed by atoms with E-state index in [2.05, 4.69) is 20.3 Å². The maximum atomic E-state index is 14.7. The summed E-state index contributed by atoms with van der Waals surface area (Å²) in [4.78, 5) is 65.0. The predicted octanol–water partition coefficient (Wildman–Crippen LogP) is 4.31. The predicted molar refractivity (Wildman–Crippen MR) is 194 cm³/mol. The number of rotatable bonds is 8. The topological polar surface area (TPSA) is 170 Å². The summed E-state index contributed by atoms with van der Waals surface area (Å²) in [5, 5.41) is 23.0. The lowest BCUT2D eigenvalue weighted by atomic mass is 9.81. The number of anilines is 3. The minimum Gasteiger partial charge on any atom is -0.504 e. The summed E-state index contributed by atoms with van der Waals surface area (Å²) >= 11 is 6.16. The van der Waals surface area contributed by atoms with E-state index < -0.39 is 35.1 Å². The van der Waals surface area contributed by atoms with E-state index in [1.54, 1.807) is 16.4 Å². The first-order valence-electron chi connectivity index (χ1n) is 17.8. The van der Waals surface area contributed by atoms with Crippen LogP contribution in [0.4, 0.5) is 30.4 Å². The third-order valence-corrected chi connectivity index (χ3v) is 11.2. The Hall–Kier alpha value is -5.03. The second-order valence-electron chi connectivity index (χ2n) is 14.0.